The predicted octanol–water partition coefficient (Wildman–Crippen LogP) is 5.41. The monoisotopic (exact) mass is 430 g/mol. The van der Waals surface area contributed by atoms with Gasteiger partial charge >= 0.3 is 0 Å². The van der Waals surface area contributed by atoms with Gasteiger partial charge in [-0.25, -0.2) is 0 Å². The summed E-state index contributed by atoms with van der Waals surface area (Å²) in [7, 11) is 0. The minimum Gasteiger partial charge on any atom is -0.354 e. The zero-order chi connectivity index (χ0) is 22.9. The molecule has 32 heavy (non-hydrogen) atoms. The largest absolute Gasteiger partial charge is 0.354 e. The molecule has 1 atom stereocenters. The van der Waals surface area contributed by atoms with E-state index in [4.69, 9.17) is 0 Å². The molecular weight excluding hydrogens is 396 g/mol. The molecule has 1 N–H and O–H groups in total. The Morgan fingerprint density at radius 3 is 2.41 bits per heavy atom. The Morgan fingerprint density at radius 1 is 0.938 bits per heavy atom. The van der Waals surface area contributed by atoms with Crippen molar-refractivity contribution in [2.45, 2.75) is 59.0 Å². The van der Waals surface area contributed by atoms with Gasteiger partial charge in [0.1, 0.15) is 6.04 Å². The molecule has 0 aliphatic heterocycles. The molecule has 0 heterocycles. The topological polar surface area (TPSA) is 49.4 Å². The molecular formula is C28H34N2O2. The number of nitrogens with zero attached hydrogens (tertiary/aromatic N) is 1. The van der Waals surface area contributed by atoms with Gasteiger partial charge in [-0.3, -0.25) is 9.59 Å². The molecule has 4 nitrogen and oxygen atoms in total. The van der Waals surface area contributed by atoms with Gasteiger partial charge < -0.3 is 10.2 Å². The highest BCUT2D eigenvalue weighted by molar-refractivity contribution is 5.88. The fourth-order valence-electron chi connectivity index (χ4n) is 3.99. The molecule has 2 amide bonds. The highest BCUT2D eigenvalue weighted by Crippen LogP contribution is 2.21. The molecule has 4 heteroatoms. The average Bonchev–Trinajstić information content (AvgIpc) is 2.81. The lowest BCUT2D eigenvalue weighted by Gasteiger charge is -2.29. The second-order valence-corrected chi connectivity index (χ2v) is 8.41. The Labute approximate surface area is 191 Å². The minimum atomic E-state index is -0.522. The molecule has 0 aromatic heterocycles. The number of rotatable bonds is 10. The molecule has 0 saturated heterocycles. The Hall–Kier alpha value is -3.14. The van der Waals surface area contributed by atoms with Gasteiger partial charge in [0, 0.05) is 19.5 Å². The number of fused-ring (bicyclic) bond motifs is 1. The smallest absolute Gasteiger partial charge is 0.242 e. The highest BCUT2D eigenvalue weighted by atomic mass is 16.2. The average molecular weight is 431 g/mol. The summed E-state index contributed by atoms with van der Waals surface area (Å²) in [6.07, 6.45) is 2.97. The standard InChI is InChI=1S/C28H34N2O2/c1-4-5-19-29-28(32)22(3)30(20-25-13-7-6-11-21(25)2)27(31)18-17-24-15-10-14-23-12-8-9-16-26(23)24/h6-16,22H,4-5,17-20H2,1-3H3,(H,29,32). The summed E-state index contributed by atoms with van der Waals surface area (Å²) >= 11 is 0. The second-order valence-electron chi connectivity index (χ2n) is 8.41. The third-order valence-corrected chi connectivity index (χ3v) is 6.09. The van der Waals surface area contributed by atoms with E-state index in [1.807, 2.05) is 56.3 Å². The van der Waals surface area contributed by atoms with E-state index >= 15 is 0 Å². The van der Waals surface area contributed by atoms with Crippen molar-refractivity contribution in [3.63, 3.8) is 0 Å². The third-order valence-electron chi connectivity index (χ3n) is 6.09. The SMILES string of the molecule is CCCCNC(=O)C(C)N(Cc1ccccc1C)C(=O)CCc1cccc2ccccc12. The number of carbonyl (C=O) groups is 2. The van der Waals surface area contributed by atoms with Gasteiger partial charge in [0.15, 0.2) is 0 Å². The summed E-state index contributed by atoms with van der Waals surface area (Å²) < 4.78 is 0. The van der Waals surface area contributed by atoms with Crippen molar-refractivity contribution in [2.75, 3.05) is 6.54 Å². The van der Waals surface area contributed by atoms with Crippen LogP contribution in [0.2, 0.25) is 0 Å². The lowest BCUT2D eigenvalue weighted by molar-refractivity contribution is -0.140. The number of hydrogen-bond acceptors (Lipinski definition) is 2. The van der Waals surface area contributed by atoms with Crippen LogP contribution < -0.4 is 5.32 Å². The van der Waals surface area contributed by atoms with Gasteiger partial charge in [-0.15, -0.1) is 0 Å². The van der Waals surface area contributed by atoms with Gasteiger partial charge in [0.2, 0.25) is 11.8 Å². The first-order chi connectivity index (χ1) is 15.5. The van der Waals surface area contributed by atoms with E-state index in [0.717, 1.165) is 29.5 Å². The van der Waals surface area contributed by atoms with Crippen LogP contribution in [0.25, 0.3) is 10.8 Å². The van der Waals surface area contributed by atoms with Crippen molar-refractivity contribution in [1.82, 2.24) is 10.2 Å². The number of carbonyl (C=O) groups excluding carboxylic acids is 2. The van der Waals surface area contributed by atoms with Crippen LogP contribution in [0, 0.1) is 6.92 Å². The maximum atomic E-state index is 13.4. The van der Waals surface area contributed by atoms with Crippen LogP contribution in [0.3, 0.4) is 0 Å². The van der Waals surface area contributed by atoms with Crippen LogP contribution in [-0.4, -0.2) is 29.3 Å². The number of amides is 2. The number of nitrogens with one attached hydrogen (secondary N) is 1. The normalized spacial score (nSPS) is 11.8. The van der Waals surface area contributed by atoms with Gasteiger partial charge in [0.05, 0.1) is 0 Å². The molecule has 1 unspecified atom stereocenters. The molecule has 0 spiro atoms. The van der Waals surface area contributed by atoms with Gasteiger partial charge in [-0.2, -0.15) is 0 Å². The fourth-order valence-corrected chi connectivity index (χ4v) is 3.99. The zero-order valence-corrected chi connectivity index (χ0v) is 19.4. The molecule has 0 fully saturated rings. The molecule has 0 aliphatic carbocycles. The first-order valence-electron chi connectivity index (χ1n) is 11.6. The maximum Gasteiger partial charge on any atom is 0.242 e. The summed E-state index contributed by atoms with van der Waals surface area (Å²) in [6, 6.07) is 22.0. The Balaban J connectivity index is 1.77. The minimum absolute atomic E-state index is 0.000622. The summed E-state index contributed by atoms with van der Waals surface area (Å²) in [4.78, 5) is 27.9. The lowest BCUT2D eigenvalue weighted by Crippen LogP contribution is -2.48. The lowest BCUT2D eigenvalue weighted by atomic mass is 10.00. The summed E-state index contributed by atoms with van der Waals surface area (Å²) in [6.45, 7) is 7.04. The predicted molar refractivity (Wildman–Crippen MR) is 131 cm³/mol. The summed E-state index contributed by atoms with van der Waals surface area (Å²) in [5, 5.41) is 5.34. The van der Waals surface area contributed by atoms with E-state index in [-0.39, 0.29) is 11.8 Å². The van der Waals surface area contributed by atoms with Gasteiger partial charge in [-0.1, -0.05) is 80.1 Å². The Kier molecular flexibility index (Phi) is 8.43. The molecule has 0 aliphatic rings. The van der Waals surface area contributed by atoms with Crippen molar-refractivity contribution in [1.29, 1.82) is 0 Å². The van der Waals surface area contributed by atoms with E-state index in [0.29, 0.717) is 25.9 Å². The Bertz CT molecular complexity index is 1050. The molecule has 0 radical (unpaired) electrons. The molecule has 3 aromatic rings. The van der Waals surface area contributed by atoms with Gasteiger partial charge in [-0.05, 0) is 54.2 Å². The first kappa shape index (κ1) is 23.5. The van der Waals surface area contributed by atoms with Crippen molar-refractivity contribution < 1.29 is 9.59 Å². The van der Waals surface area contributed by atoms with Crippen molar-refractivity contribution in [3.05, 3.63) is 83.4 Å². The Morgan fingerprint density at radius 2 is 1.62 bits per heavy atom. The molecule has 0 bridgehead atoms. The van der Waals surface area contributed by atoms with Crippen molar-refractivity contribution >= 4 is 22.6 Å². The van der Waals surface area contributed by atoms with Crippen LogP contribution in [0.4, 0.5) is 0 Å². The van der Waals surface area contributed by atoms with E-state index in [1.165, 1.54) is 10.8 Å². The number of aryl methyl sites for hydroxylation is 2. The van der Waals surface area contributed by atoms with Crippen LogP contribution in [0.5, 0.6) is 0 Å². The van der Waals surface area contributed by atoms with Crippen LogP contribution in [-0.2, 0) is 22.6 Å². The van der Waals surface area contributed by atoms with Crippen LogP contribution in [0.1, 0.15) is 49.8 Å². The van der Waals surface area contributed by atoms with Gasteiger partial charge in [0.25, 0.3) is 0 Å². The van der Waals surface area contributed by atoms with Crippen LogP contribution in [0.15, 0.2) is 66.7 Å². The second kappa shape index (κ2) is 11.5. The van der Waals surface area contributed by atoms with Crippen molar-refractivity contribution in [2.24, 2.45) is 0 Å². The molecule has 168 valence electrons. The van der Waals surface area contributed by atoms with E-state index < -0.39 is 6.04 Å². The van der Waals surface area contributed by atoms with Crippen molar-refractivity contribution in [3.8, 4) is 0 Å². The zero-order valence-electron chi connectivity index (χ0n) is 19.4. The molecule has 3 aromatic carbocycles. The summed E-state index contributed by atoms with van der Waals surface area (Å²) in [5.41, 5.74) is 3.35. The third kappa shape index (κ3) is 5.97. The molecule has 3 rings (SSSR count). The summed E-state index contributed by atoms with van der Waals surface area (Å²) in [5.74, 6) is -0.0927. The van der Waals surface area contributed by atoms with E-state index in [1.54, 1.807) is 4.90 Å². The van der Waals surface area contributed by atoms with Crippen LogP contribution >= 0.6 is 0 Å². The highest BCUT2D eigenvalue weighted by Gasteiger charge is 2.26. The number of unbranched alkanes of at least 4 members (excludes halogenated alkanes) is 1. The fraction of sp³-hybridized carbons (Fsp3) is 0.357. The quantitative estimate of drug-likeness (QED) is 0.437. The molecule has 0 saturated carbocycles. The maximum absolute atomic E-state index is 13.4. The first-order valence-corrected chi connectivity index (χ1v) is 11.6. The number of benzene rings is 3. The van der Waals surface area contributed by atoms with E-state index in [2.05, 4.69) is 36.5 Å². The number of hydrogen-bond donors (Lipinski definition) is 1. The van der Waals surface area contributed by atoms with E-state index in [9.17, 15) is 9.59 Å².